The van der Waals surface area contributed by atoms with Crippen LogP contribution in [-0.4, -0.2) is 11.9 Å². The van der Waals surface area contributed by atoms with Crippen molar-refractivity contribution in [2.45, 2.75) is 32.4 Å². The third-order valence-corrected chi connectivity index (χ3v) is 2.63. The van der Waals surface area contributed by atoms with Gasteiger partial charge in [0.1, 0.15) is 0 Å². The molecule has 1 heterocycles. The minimum absolute atomic E-state index is 0.0773. The van der Waals surface area contributed by atoms with E-state index in [0.29, 0.717) is 13.0 Å². The van der Waals surface area contributed by atoms with Crippen LogP contribution in [0.2, 0.25) is 0 Å². The Balaban J connectivity index is 2.15. The Kier molecular flexibility index (Phi) is 4.62. The second-order valence-corrected chi connectivity index (χ2v) is 4.20. The number of hydrogen-bond donors (Lipinski definition) is 2. The number of rotatable bonds is 5. The molecule has 78 valence electrons. The SMILES string of the molecule is CC(N)CCC(=O)NCc1ccsc1. The Morgan fingerprint density at radius 2 is 2.50 bits per heavy atom. The second-order valence-electron chi connectivity index (χ2n) is 3.42. The van der Waals surface area contributed by atoms with E-state index >= 15 is 0 Å². The normalized spacial score (nSPS) is 12.4. The van der Waals surface area contributed by atoms with Crippen LogP contribution in [0.15, 0.2) is 16.8 Å². The average molecular weight is 212 g/mol. The Hall–Kier alpha value is -0.870. The van der Waals surface area contributed by atoms with Gasteiger partial charge in [-0.2, -0.15) is 11.3 Å². The largest absolute Gasteiger partial charge is 0.352 e. The summed E-state index contributed by atoms with van der Waals surface area (Å²) in [4.78, 5) is 11.3. The lowest BCUT2D eigenvalue weighted by Gasteiger charge is -2.05. The van der Waals surface area contributed by atoms with Crippen molar-refractivity contribution in [3.63, 3.8) is 0 Å². The van der Waals surface area contributed by atoms with Crippen molar-refractivity contribution < 1.29 is 4.79 Å². The van der Waals surface area contributed by atoms with Crippen molar-refractivity contribution in [1.29, 1.82) is 0 Å². The van der Waals surface area contributed by atoms with Crippen LogP contribution in [0.3, 0.4) is 0 Å². The minimum atomic E-state index is 0.0773. The Morgan fingerprint density at radius 1 is 1.71 bits per heavy atom. The van der Waals surface area contributed by atoms with E-state index in [4.69, 9.17) is 5.73 Å². The van der Waals surface area contributed by atoms with Crippen molar-refractivity contribution in [1.82, 2.24) is 5.32 Å². The first-order valence-electron chi connectivity index (χ1n) is 4.72. The molecule has 0 aliphatic heterocycles. The molecule has 0 saturated carbocycles. The number of nitrogens with two attached hydrogens (primary N) is 1. The molecule has 0 fully saturated rings. The fourth-order valence-corrected chi connectivity index (χ4v) is 1.71. The van der Waals surface area contributed by atoms with Gasteiger partial charge in [0.25, 0.3) is 0 Å². The van der Waals surface area contributed by atoms with E-state index in [9.17, 15) is 4.79 Å². The lowest BCUT2D eigenvalue weighted by atomic mass is 10.2. The molecule has 1 rings (SSSR count). The van der Waals surface area contributed by atoms with Gasteiger partial charge in [0.2, 0.25) is 5.91 Å². The molecular formula is C10H16N2OS. The fourth-order valence-electron chi connectivity index (χ4n) is 1.04. The highest BCUT2D eigenvalue weighted by molar-refractivity contribution is 7.07. The Labute approximate surface area is 88.3 Å². The highest BCUT2D eigenvalue weighted by Gasteiger charge is 2.03. The number of carbonyl (C=O) groups excluding carboxylic acids is 1. The summed E-state index contributed by atoms with van der Waals surface area (Å²) in [6.07, 6.45) is 1.26. The van der Waals surface area contributed by atoms with E-state index in [1.807, 2.05) is 23.8 Å². The summed E-state index contributed by atoms with van der Waals surface area (Å²) in [6.45, 7) is 2.54. The molecule has 3 nitrogen and oxygen atoms in total. The first kappa shape index (κ1) is 11.2. The Morgan fingerprint density at radius 3 is 3.07 bits per heavy atom. The van der Waals surface area contributed by atoms with Gasteiger partial charge in [-0.1, -0.05) is 0 Å². The molecule has 3 N–H and O–H groups in total. The minimum Gasteiger partial charge on any atom is -0.352 e. The second kappa shape index (κ2) is 5.78. The topological polar surface area (TPSA) is 55.1 Å². The first-order chi connectivity index (χ1) is 6.68. The number of amides is 1. The van der Waals surface area contributed by atoms with Gasteiger partial charge in [0.15, 0.2) is 0 Å². The third kappa shape index (κ3) is 4.39. The summed E-state index contributed by atoms with van der Waals surface area (Å²) in [7, 11) is 0. The maximum absolute atomic E-state index is 11.3. The maximum Gasteiger partial charge on any atom is 0.220 e. The van der Waals surface area contributed by atoms with Gasteiger partial charge in [-0.25, -0.2) is 0 Å². The van der Waals surface area contributed by atoms with Crippen LogP contribution in [0.5, 0.6) is 0 Å². The fraction of sp³-hybridized carbons (Fsp3) is 0.500. The zero-order chi connectivity index (χ0) is 10.4. The van der Waals surface area contributed by atoms with Gasteiger partial charge < -0.3 is 11.1 Å². The highest BCUT2D eigenvalue weighted by Crippen LogP contribution is 2.05. The molecule has 14 heavy (non-hydrogen) atoms. The zero-order valence-corrected chi connectivity index (χ0v) is 9.14. The molecule has 1 unspecified atom stereocenters. The van der Waals surface area contributed by atoms with Crippen molar-refractivity contribution >= 4 is 17.2 Å². The number of hydrogen-bond acceptors (Lipinski definition) is 3. The zero-order valence-electron chi connectivity index (χ0n) is 8.32. The van der Waals surface area contributed by atoms with E-state index < -0.39 is 0 Å². The molecule has 0 radical (unpaired) electrons. The third-order valence-electron chi connectivity index (χ3n) is 1.90. The van der Waals surface area contributed by atoms with Gasteiger partial charge in [-0.15, -0.1) is 0 Å². The van der Waals surface area contributed by atoms with E-state index in [1.54, 1.807) is 11.3 Å². The van der Waals surface area contributed by atoms with Gasteiger partial charge in [0.05, 0.1) is 0 Å². The standard InChI is InChI=1S/C10H16N2OS/c1-8(11)2-3-10(13)12-6-9-4-5-14-7-9/h4-5,7-8H,2-3,6,11H2,1H3,(H,12,13). The van der Waals surface area contributed by atoms with E-state index in [2.05, 4.69) is 5.32 Å². The van der Waals surface area contributed by atoms with Crippen molar-refractivity contribution in [3.8, 4) is 0 Å². The molecule has 1 aromatic heterocycles. The predicted molar refractivity (Wildman–Crippen MR) is 59.0 cm³/mol. The highest BCUT2D eigenvalue weighted by atomic mass is 32.1. The summed E-state index contributed by atoms with van der Waals surface area (Å²) in [5.74, 6) is 0.0773. The van der Waals surface area contributed by atoms with Crippen LogP contribution < -0.4 is 11.1 Å². The molecule has 0 aromatic carbocycles. The molecule has 1 atom stereocenters. The van der Waals surface area contributed by atoms with Gasteiger partial charge in [0, 0.05) is 19.0 Å². The van der Waals surface area contributed by atoms with Crippen LogP contribution in [0, 0.1) is 0 Å². The Bertz CT molecular complexity index is 270. The molecule has 4 heteroatoms. The lowest BCUT2D eigenvalue weighted by molar-refractivity contribution is -0.121. The molecule has 1 amide bonds. The van der Waals surface area contributed by atoms with Crippen LogP contribution in [0.4, 0.5) is 0 Å². The van der Waals surface area contributed by atoms with Gasteiger partial charge in [-0.3, -0.25) is 4.79 Å². The van der Waals surface area contributed by atoms with Crippen LogP contribution in [0.25, 0.3) is 0 Å². The molecule has 0 aliphatic rings. The van der Waals surface area contributed by atoms with E-state index in [1.165, 1.54) is 0 Å². The monoisotopic (exact) mass is 212 g/mol. The molecule has 0 bridgehead atoms. The maximum atomic E-state index is 11.3. The first-order valence-corrected chi connectivity index (χ1v) is 5.66. The quantitative estimate of drug-likeness (QED) is 0.777. The van der Waals surface area contributed by atoms with Crippen LogP contribution in [-0.2, 0) is 11.3 Å². The lowest BCUT2D eigenvalue weighted by Crippen LogP contribution is -2.25. The average Bonchev–Trinajstić information content (AvgIpc) is 2.63. The summed E-state index contributed by atoms with van der Waals surface area (Å²) < 4.78 is 0. The van der Waals surface area contributed by atoms with Crippen molar-refractivity contribution in [2.24, 2.45) is 5.73 Å². The number of thiophene rings is 1. The summed E-state index contributed by atoms with van der Waals surface area (Å²) >= 11 is 1.64. The molecule has 0 aliphatic carbocycles. The van der Waals surface area contributed by atoms with E-state index in [0.717, 1.165) is 12.0 Å². The van der Waals surface area contributed by atoms with E-state index in [-0.39, 0.29) is 11.9 Å². The molecule has 1 aromatic rings. The molecule has 0 saturated heterocycles. The predicted octanol–water partition coefficient (Wildman–Crippen LogP) is 1.49. The van der Waals surface area contributed by atoms with Gasteiger partial charge in [-0.05, 0) is 35.7 Å². The van der Waals surface area contributed by atoms with Crippen molar-refractivity contribution in [2.75, 3.05) is 0 Å². The smallest absolute Gasteiger partial charge is 0.220 e. The number of carbonyl (C=O) groups is 1. The summed E-state index contributed by atoms with van der Waals surface area (Å²) in [5, 5.41) is 6.89. The van der Waals surface area contributed by atoms with Crippen LogP contribution in [0.1, 0.15) is 25.3 Å². The summed E-state index contributed by atoms with van der Waals surface area (Å²) in [5.41, 5.74) is 6.71. The van der Waals surface area contributed by atoms with Crippen molar-refractivity contribution in [3.05, 3.63) is 22.4 Å². The summed E-state index contributed by atoms with van der Waals surface area (Å²) in [6, 6.07) is 2.11. The molecular weight excluding hydrogens is 196 g/mol. The van der Waals surface area contributed by atoms with Crippen LogP contribution >= 0.6 is 11.3 Å². The number of nitrogens with one attached hydrogen (secondary N) is 1. The molecule has 0 spiro atoms. The van der Waals surface area contributed by atoms with Gasteiger partial charge >= 0.3 is 0 Å².